The normalized spacial score (nSPS) is 10.2. The van der Waals surface area contributed by atoms with Crippen LogP contribution in [0.4, 0.5) is 15.9 Å². The van der Waals surface area contributed by atoms with E-state index in [0.717, 1.165) is 5.69 Å². The SMILES string of the molecule is CCNc1cc(C(=O)Nc2ccccc2F)cc(C)n1. The maximum atomic E-state index is 13.5. The minimum Gasteiger partial charge on any atom is -0.370 e. The van der Waals surface area contributed by atoms with Crippen molar-refractivity contribution in [2.75, 3.05) is 17.2 Å². The second-order valence-electron chi connectivity index (χ2n) is 4.35. The summed E-state index contributed by atoms with van der Waals surface area (Å²) in [5, 5.41) is 5.61. The Balaban J connectivity index is 2.23. The van der Waals surface area contributed by atoms with E-state index < -0.39 is 5.82 Å². The van der Waals surface area contributed by atoms with Gasteiger partial charge in [0.1, 0.15) is 11.6 Å². The van der Waals surface area contributed by atoms with Crippen molar-refractivity contribution in [2.24, 2.45) is 0 Å². The largest absolute Gasteiger partial charge is 0.370 e. The third-order valence-corrected chi connectivity index (χ3v) is 2.70. The van der Waals surface area contributed by atoms with Gasteiger partial charge in [-0.15, -0.1) is 0 Å². The Hall–Kier alpha value is -2.43. The summed E-state index contributed by atoms with van der Waals surface area (Å²) in [5.74, 6) is -0.190. The van der Waals surface area contributed by atoms with Crippen LogP contribution in [0, 0.1) is 12.7 Å². The molecule has 2 aromatic rings. The van der Waals surface area contributed by atoms with Gasteiger partial charge in [0, 0.05) is 17.8 Å². The first kappa shape index (κ1) is 14.0. The Kier molecular flexibility index (Phi) is 4.30. The molecule has 0 aliphatic carbocycles. The number of amides is 1. The highest BCUT2D eigenvalue weighted by Crippen LogP contribution is 2.16. The number of nitrogens with zero attached hydrogens (tertiary/aromatic N) is 1. The van der Waals surface area contributed by atoms with Crippen molar-refractivity contribution < 1.29 is 9.18 Å². The number of aromatic nitrogens is 1. The molecule has 1 amide bonds. The molecule has 0 aliphatic rings. The van der Waals surface area contributed by atoms with E-state index in [9.17, 15) is 9.18 Å². The lowest BCUT2D eigenvalue weighted by molar-refractivity contribution is 0.102. The Morgan fingerprint density at radius 2 is 2.05 bits per heavy atom. The fourth-order valence-corrected chi connectivity index (χ4v) is 1.83. The second kappa shape index (κ2) is 6.14. The van der Waals surface area contributed by atoms with Crippen LogP contribution in [0.25, 0.3) is 0 Å². The number of halogens is 1. The number of hydrogen-bond acceptors (Lipinski definition) is 3. The quantitative estimate of drug-likeness (QED) is 0.899. The molecule has 4 nitrogen and oxygen atoms in total. The third-order valence-electron chi connectivity index (χ3n) is 2.70. The van der Waals surface area contributed by atoms with Crippen LogP contribution < -0.4 is 10.6 Å². The van der Waals surface area contributed by atoms with Crippen LogP contribution in [0.5, 0.6) is 0 Å². The summed E-state index contributed by atoms with van der Waals surface area (Å²) in [4.78, 5) is 16.4. The Morgan fingerprint density at radius 1 is 1.30 bits per heavy atom. The lowest BCUT2D eigenvalue weighted by Gasteiger charge is -2.09. The van der Waals surface area contributed by atoms with E-state index >= 15 is 0 Å². The molecule has 0 saturated carbocycles. The minimum atomic E-state index is -0.460. The van der Waals surface area contributed by atoms with Crippen LogP contribution >= 0.6 is 0 Å². The third kappa shape index (κ3) is 3.32. The van der Waals surface area contributed by atoms with Crippen LogP contribution in [-0.4, -0.2) is 17.4 Å². The van der Waals surface area contributed by atoms with Gasteiger partial charge in [-0.1, -0.05) is 12.1 Å². The Bertz CT molecular complexity index is 628. The molecular formula is C15H16FN3O. The van der Waals surface area contributed by atoms with Crippen molar-refractivity contribution in [1.29, 1.82) is 0 Å². The molecule has 2 N–H and O–H groups in total. The highest BCUT2D eigenvalue weighted by Gasteiger charge is 2.10. The maximum absolute atomic E-state index is 13.5. The first-order valence-corrected chi connectivity index (χ1v) is 6.38. The number of carbonyl (C=O) groups is 1. The zero-order valence-electron chi connectivity index (χ0n) is 11.4. The van der Waals surface area contributed by atoms with Crippen LogP contribution in [-0.2, 0) is 0 Å². The topological polar surface area (TPSA) is 54.0 Å². The average Bonchev–Trinajstić information content (AvgIpc) is 2.41. The predicted octanol–water partition coefficient (Wildman–Crippen LogP) is 3.21. The molecule has 1 heterocycles. The molecule has 0 aliphatic heterocycles. The molecular weight excluding hydrogens is 257 g/mol. The number of pyridine rings is 1. The summed E-state index contributed by atoms with van der Waals surface area (Å²) >= 11 is 0. The lowest BCUT2D eigenvalue weighted by Crippen LogP contribution is -2.14. The molecule has 0 unspecified atom stereocenters. The van der Waals surface area contributed by atoms with Gasteiger partial charge in [0.25, 0.3) is 5.91 Å². The number of rotatable bonds is 4. The zero-order valence-corrected chi connectivity index (χ0v) is 11.4. The molecule has 0 radical (unpaired) electrons. The van der Waals surface area contributed by atoms with Crippen LogP contribution in [0.3, 0.4) is 0 Å². The molecule has 2 rings (SSSR count). The van der Waals surface area contributed by atoms with Gasteiger partial charge in [0.15, 0.2) is 0 Å². The molecule has 0 bridgehead atoms. The number of para-hydroxylation sites is 1. The molecule has 0 spiro atoms. The van der Waals surface area contributed by atoms with Gasteiger partial charge in [0.2, 0.25) is 0 Å². The van der Waals surface area contributed by atoms with E-state index in [4.69, 9.17) is 0 Å². The highest BCUT2D eigenvalue weighted by atomic mass is 19.1. The van der Waals surface area contributed by atoms with Gasteiger partial charge in [-0.25, -0.2) is 9.37 Å². The number of carbonyl (C=O) groups excluding carboxylic acids is 1. The number of nitrogens with one attached hydrogen (secondary N) is 2. The van der Waals surface area contributed by atoms with Crippen molar-refractivity contribution in [3.05, 3.63) is 53.5 Å². The van der Waals surface area contributed by atoms with Gasteiger partial charge < -0.3 is 10.6 Å². The fraction of sp³-hybridized carbons (Fsp3) is 0.200. The molecule has 1 aromatic carbocycles. The number of aryl methyl sites for hydroxylation is 1. The average molecular weight is 273 g/mol. The van der Waals surface area contributed by atoms with E-state index in [2.05, 4.69) is 15.6 Å². The molecule has 104 valence electrons. The van der Waals surface area contributed by atoms with Gasteiger partial charge in [0.05, 0.1) is 5.69 Å². The van der Waals surface area contributed by atoms with E-state index in [1.54, 1.807) is 31.2 Å². The smallest absolute Gasteiger partial charge is 0.255 e. The zero-order chi connectivity index (χ0) is 14.5. The van der Waals surface area contributed by atoms with Gasteiger partial charge in [-0.05, 0) is 38.1 Å². The number of anilines is 2. The van der Waals surface area contributed by atoms with Crippen molar-refractivity contribution in [1.82, 2.24) is 4.98 Å². The predicted molar refractivity (Wildman–Crippen MR) is 77.5 cm³/mol. The van der Waals surface area contributed by atoms with E-state index in [0.29, 0.717) is 17.9 Å². The Morgan fingerprint density at radius 3 is 2.75 bits per heavy atom. The summed E-state index contributed by atoms with van der Waals surface area (Å²) in [6.45, 7) is 4.47. The van der Waals surface area contributed by atoms with Crippen LogP contribution in [0.15, 0.2) is 36.4 Å². The summed E-state index contributed by atoms with van der Waals surface area (Å²) in [5.41, 5.74) is 1.33. The first-order valence-electron chi connectivity index (χ1n) is 6.38. The van der Waals surface area contributed by atoms with Crippen LogP contribution in [0.2, 0.25) is 0 Å². The van der Waals surface area contributed by atoms with Crippen LogP contribution in [0.1, 0.15) is 23.0 Å². The standard InChI is InChI=1S/C15H16FN3O/c1-3-17-14-9-11(8-10(2)18-14)15(20)19-13-7-5-4-6-12(13)16/h4-9H,3H2,1-2H3,(H,17,18)(H,19,20). The van der Waals surface area contributed by atoms with Crippen molar-refractivity contribution in [3.63, 3.8) is 0 Å². The minimum absolute atomic E-state index is 0.164. The summed E-state index contributed by atoms with van der Waals surface area (Å²) in [6, 6.07) is 9.37. The molecule has 0 saturated heterocycles. The Labute approximate surface area is 117 Å². The monoisotopic (exact) mass is 273 g/mol. The second-order valence-corrected chi connectivity index (χ2v) is 4.35. The summed E-state index contributed by atoms with van der Waals surface area (Å²) < 4.78 is 13.5. The van der Waals surface area contributed by atoms with Crippen molar-refractivity contribution in [3.8, 4) is 0 Å². The molecule has 1 aromatic heterocycles. The van der Waals surface area contributed by atoms with Crippen molar-refractivity contribution >= 4 is 17.4 Å². The summed E-state index contributed by atoms with van der Waals surface area (Å²) in [7, 11) is 0. The van der Waals surface area contributed by atoms with E-state index in [-0.39, 0.29) is 11.6 Å². The highest BCUT2D eigenvalue weighted by molar-refractivity contribution is 6.04. The summed E-state index contributed by atoms with van der Waals surface area (Å²) in [6.07, 6.45) is 0. The van der Waals surface area contributed by atoms with Gasteiger partial charge in [-0.2, -0.15) is 0 Å². The fourth-order valence-electron chi connectivity index (χ4n) is 1.83. The molecule has 0 atom stereocenters. The van der Waals surface area contributed by atoms with Gasteiger partial charge in [-0.3, -0.25) is 4.79 Å². The number of hydrogen-bond donors (Lipinski definition) is 2. The maximum Gasteiger partial charge on any atom is 0.255 e. The molecule has 0 fully saturated rings. The first-order chi connectivity index (χ1) is 9.60. The number of benzene rings is 1. The molecule has 20 heavy (non-hydrogen) atoms. The van der Waals surface area contributed by atoms with E-state index in [1.807, 2.05) is 6.92 Å². The van der Waals surface area contributed by atoms with Gasteiger partial charge >= 0.3 is 0 Å². The van der Waals surface area contributed by atoms with Crippen molar-refractivity contribution in [2.45, 2.75) is 13.8 Å². The lowest BCUT2D eigenvalue weighted by atomic mass is 10.2. The molecule has 5 heteroatoms. The van der Waals surface area contributed by atoms with E-state index in [1.165, 1.54) is 12.1 Å².